The molecule has 0 aliphatic rings. The number of unbranched alkanes of at least 4 members (excludes halogenated alkanes) is 1. The van der Waals surface area contributed by atoms with E-state index >= 15 is 0 Å². The van der Waals surface area contributed by atoms with Gasteiger partial charge >= 0.3 is 12.1 Å². The van der Waals surface area contributed by atoms with Crippen molar-refractivity contribution in [2.45, 2.75) is 25.7 Å². The number of carboxylic acids is 1. The number of Topliss-reactive ketones (excluding diaryl/α,β-unsaturated/α-hetero) is 1. The second-order valence-corrected chi connectivity index (χ2v) is 3.38. The van der Waals surface area contributed by atoms with Gasteiger partial charge in [-0.2, -0.15) is 0 Å². The third kappa shape index (κ3) is 10.4. The highest BCUT2D eigenvalue weighted by atomic mass is 16.5. The molecule has 6 nitrogen and oxygen atoms in total. The number of rotatable bonds is 9. The first-order valence-electron chi connectivity index (χ1n) is 5.31. The molecule has 17 heavy (non-hydrogen) atoms. The van der Waals surface area contributed by atoms with Crippen molar-refractivity contribution in [2.75, 3.05) is 13.2 Å². The zero-order valence-corrected chi connectivity index (χ0v) is 9.61. The molecule has 0 aromatic rings. The van der Waals surface area contributed by atoms with Crippen molar-refractivity contribution in [3.8, 4) is 0 Å². The predicted octanol–water partition coefficient (Wildman–Crippen LogP) is 1.11. The fourth-order valence-corrected chi connectivity index (χ4v) is 1.04. The van der Waals surface area contributed by atoms with Gasteiger partial charge in [-0.05, 0) is 12.8 Å². The van der Waals surface area contributed by atoms with E-state index < -0.39 is 12.1 Å². The molecule has 0 rings (SSSR count). The lowest BCUT2D eigenvalue weighted by atomic mass is 10.1. The average Bonchev–Trinajstić information content (AvgIpc) is 2.29. The molecule has 0 bridgehead atoms. The standard InChI is InChI=1S/C11H17NO5/c1-2-7-17-11(16)12-8-9(13)5-3-4-6-10(14)15/h2H,1,3-8H2,(H,12,16)(H,14,15). The summed E-state index contributed by atoms with van der Waals surface area (Å²) in [5.74, 6) is -1.02. The second kappa shape index (κ2) is 9.38. The number of hydrogen-bond donors (Lipinski definition) is 2. The Hall–Kier alpha value is -1.85. The van der Waals surface area contributed by atoms with Crippen LogP contribution in [0.1, 0.15) is 25.7 Å². The number of nitrogens with one attached hydrogen (secondary N) is 1. The van der Waals surface area contributed by atoms with Crippen LogP contribution in [0.3, 0.4) is 0 Å². The SMILES string of the molecule is C=CCOC(=O)NCC(=O)CCCCC(=O)O. The van der Waals surface area contributed by atoms with Gasteiger partial charge in [0.1, 0.15) is 6.61 Å². The lowest BCUT2D eigenvalue weighted by Crippen LogP contribution is -2.30. The molecule has 6 heteroatoms. The first-order chi connectivity index (χ1) is 8.06. The zero-order chi connectivity index (χ0) is 13.1. The summed E-state index contributed by atoms with van der Waals surface area (Å²) in [6, 6.07) is 0. The van der Waals surface area contributed by atoms with Crippen molar-refractivity contribution in [1.82, 2.24) is 5.32 Å². The molecule has 0 heterocycles. The molecule has 0 spiro atoms. The Morgan fingerprint density at radius 1 is 1.24 bits per heavy atom. The molecule has 0 saturated heterocycles. The van der Waals surface area contributed by atoms with E-state index in [-0.39, 0.29) is 31.8 Å². The minimum absolute atomic E-state index is 0.0576. The molecule has 0 aromatic heterocycles. The number of carboxylic acid groups (broad SMARTS) is 1. The van der Waals surface area contributed by atoms with Crippen molar-refractivity contribution >= 4 is 17.8 Å². The normalized spacial score (nSPS) is 9.41. The van der Waals surface area contributed by atoms with E-state index in [1.54, 1.807) is 0 Å². The fraction of sp³-hybridized carbons (Fsp3) is 0.545. The molecule has 0 fully saturated rings. The Kier molecular flexibility index (Phi) is 8.36. The van der Waals surface area contributed by atoms with E-state index in [0.717, 1.165) is 0 Å². The van der Waals surface area contributed by atoms with E-state index in [0.29, 0.717) is 12.8 Å². The molecule has 0 atom stereocenters. The molecule has 0 unspecified atom stereocenters. The summed E-state index contributed by atoms with van der Waals surface area (Å²) in [7, 11) is 0. The number of aliphatic carboxylic acids is 1. The third-order valence-corrected chi connectivity index (χ3v) is 1.86. The summed E-state index contributed by atoms with van der Waals surface area (Å²) in [4.78, 5) is 32.3. The summed E-state index contributed by atoms with van der Waals surface area (Å²) in [5, 5.41) is 10.7. The predicted molar refractivity (Wildman–Crippen MR) is 60.7 cm³/mol. The molecular weight excluding hydrogens is 226 g/mol. The van der Waals surface area contributed by atoms with Gasteiger partial charge in [-0.25, -0.2) is 4.79 Å². The summed E-state index contributed by atoms with van der Waals surface area (Å²) in [6.07, 6.45) is 2.05. The van der Waals surface area contributed by atoms with Crippen molar-refractivity contribution in [1.29, 1.82) is 0 Å². The number of alkyl carbamates (subject to hydrolysis) is 1. The number of ether oxygens (including phenoxy) is 1. The maximum atomic E-state index is 11.2. The topological polar surface area (TPSA) is 92.7 Å². The largest absolute Gasteiger partial charge is 0.481 e. The lowest BCUT2D eigenvalue weighted by molar-refractivity contribution is -0.137. The van der Waals surface area contributed by atoms with Gasteiger partial charge in [-0.1, -0.05) is 12.7 Å². The Morgan fingerprint density at radius 2 is 1.88 bits per heavy atom. The van der Waals surface area contributed by atoms with E-state index in [4.69, 9.17) is 5.11 Å². The highest BCUT2D eigenvalue weighted by Gasteiger charge is 2.06. The molecular formula is C11H17NO5. The van der Waals surface area contributed by atoms with Crippen molar-refractivity contribution < 1.29 is 24.2 Å². The fourth-order valence-electron chi connectivity index (χ4n) is 1.04. The van der Waals surface area contributed by atoms with Crippen LogP contribution in [0.5, 0.6) is 0 Å². The van der Waals surface area contributed by atoms with E-state index in [1.807, 2.05) is 0 Å². The first kappa shape index (κ1) is 15.2. The van der Waals surface area contributed by atoms with Crippen molar-refractivity contribution in [3.63, 3.8) is 0 Å². The molecule has 0 aliphatic heterocycles. The average molecular weight is 243 g/mol. The van der Waals surface area contributed by atoms with Crippen LogP contribution in [0.25, 0.3) is 0 Å². The number of carbonyl (C=O) groups is 3. The highest BCUT2D eigenvalue weighted by molar-refractivity contribution is 5.83. The van der Waals surface area contributed by atoms with Crippen LogP contribution in [0, 0.1) is 0 Å². The van der Waals surface area contributed by atoms with E-state index in [2.05, 4.69) is 16.6 Å². The van der Waals surface area contributed by atoms with Gasteiger partial charge < -0.3 is 15.2 Å². The number of ketones is 1. The van der Waals surface area contributed by atoms with Gasteiger partial charge in [0, 0.05) is 12.8 Å². The maximum Gasteiger partial charge on any atom is 0.407 e. The number of carbonyl (C=O) groups excluding carboxylic acids is 2. The molecule has 0 saturated carbocycles. The van der Waals surface area contributed by atoms with Gasteiger partial charge in [0.2, 0.25) is 0 Å². The lowest BCUT2D eigenvalue weighted by Gasteiger charge is -2.04. The van der Waals surface area contributed by atoms with Crippen LogP contribution in [0.4, 0.5) is 4.79 Å². The van der Waals surface area contributed by atoms with Crippen LogP contribution < -0.4 is 5.32 Å². The minimum Gasteiger partial charge on any atom is -0.481 e. The van der Waals surface area contributed by atoms with Crippen LogP contribution in [-0.4, -0.2) is 36.1 Å². The van der Waals surface area contributed by atoms with Crippen LogP contribution in [-0.2, 0) is 14.3 Å². The van der Waals surface area contributed by atoms with Crippen LogP contribution >= 0.6 is 0 Å². The molecule has 0 radical (unpaired) electrons. The quantitative estimate of drug-likeness (QED) is 0.467. The van der Waals surface area contributed by atoms with Crippen LogP contribution in [0.2, 0.25) is 0 Å². The van der Waals surface area contributed by atoms with Crippen molar-refractivity contribution in [2.24, 2.45) is 0 Å². The highest BCUT2D eigenvalue weighted by Crippen LogP contribution is 2.00. The monoisotopic (exact) mass is 243 g/mol. The van der Waals surface area contributed by atoms with Gasteiger partial charge in [0.05, 0.1) is 6.54 Å². The minimum atomic E-state index is -0.872. The molecule has 0 aliphatic carbocycles. The Balaban J connectivity index is 3.49. The summed E-state index contributed by atoms with van der Waals surface area (Å²) in [5.41, 5.74) is 0. The van der Waals surface area contributed by atoms with E-state index in [9.17, 15) is 14.4 Å². The molecule has 0 aromatic carbocycles. The summed E-state index contributed by atoms with van der Waals surface area (Å²) >= 11 is 0. The third-order valence-electron chi connectivity index (χ3n) is 1.86. The second-order valence-electron chi connectivity index (χ2n) is 3.38. The maximum absolute atomic E-state index is 11.2. The molecule has 2 N–H and O–H groups in total. The van der Waals surface area contributed by atoms with Crippen molar-refractivity contribution in [3.05, 3.63) is 12.7 Å². The molecule has 1 amide bonds. The molecule has 96 valence electrons. The van der Waals surface area contributed by atoms with Gasteiger partial charge in [0.25, 0.3) is 0 Å². The van der Waals surface area contributed by atoms with Gasteiger partial charge in [-0.15, -0.1) is 0 Å². The van der Waals surface area contributed by atoms with E-state index in [1.165, 1.54) is 6.08 Å². The Bertz CT molecular complexity index is 288. The number of amides is 1. The summed E-state index contributed by atoms with van der Waals surface area (Å²) in [6.45, 7) is 3.37. The Morgan fingerprint density at radius 3 is 2.47 bits per heavy atom. The number of hydrogen-bond acceptors (Lipinski definition) is 4. The Labute approximate surface area is 99.6 Å². The zero-order valence-electron chi connectivity index (χ0n) is 9.61. The first-order valence-corrected chi connectivity index (χ1v) is 5.31. The van der Waals surface area contributed by atoms with Gasteiger partial charge in [0.15, 0.2) is 5.78 Å². The van der Waals surface area contributed by atoms with Gasteiger partial charge in [-0.3, -0.25) is 9.59 Å². The smallest absolute Gasteiger partial charge is 0.407 e. The van der Waals surface area contributed by atoms with Crippen LogP contribution in [0.15, 0.2) is 12.7 Å². The summed E-state index contributed by atoms with van der Waals surface area (Å²) < 4.78 is 4.60.